The van der Waals surface area contributed by atoms with E-state index in [2.05, 4.69) is 11.8 Å². The molecule has 0 heterocycles. The fourth-order valence-electron chi connectivity index (χ4n) is 2.79. The monoisotopic (exact) mass is 290 g/mol. The maximum Gasteiger partial charge on any atom is 0.159 e. The van der Waals surface area contributed by atoms with Crippen molar-refractivity contribution in [3.63, 3.8) is 0 Å². The van der Waals surface area contributed by atoms with Crippen LogP contribution in [0, 0.1) is 17.3 Å². The van der Waals surface area contributed by atoms with Crippen LogP contribution in [0.15, 0.2) is 22.8 Å². The predicted molar refractivity (Wildman–Crippen MR) is 84.6 cm³/mol. The van der Waals surface area contributed by atoms with Gasteiger partial charge < -0.3 is 10.2 Å². The number of hydrogen-bond donors (Lipinski definition) is 2. The molecule has 1 rings (SSSR count). The van der Waals surface area contributed by atoms with Gasteiger partial charge in [0.15, 0.2) is 11.4 Å². The Bertz CT molecular complexity index is 541. The molecule has 1 atom stereocenters. The molecule has 0 aromatic heterocycles. The number of Topliss-reactive ketones (excluding diaryl/α,β-unsaturated/α-hetero) is 1. The molecule has 0 aliphatic heterocycles. The van der Waals surface area contributed by atoms with E-state index in [0.717, 1.165) is 12.0 Å². The van der Waals surface area contributed by atoms with E-state index in [-0.39, 0.29) is 12.4 Å². The first-order valence-corrected chi connectivity index (χ1v) is 7.46. The van der Waals surface area contributed by atoms with Crippen LogP contribution in [0.3, 0.4) is 0 Å². The largest absolute Gasteiger partial charge is 0.392 e. The normalized spacial score (nSPS) is 25.7. The SMILES string of the molecule is CCCC1=C(C)C(O)(C#CC(C)=CCO)C(C)(C)CC1=O. The highest BCUT2D eigenvalue weighted by Gasteiger charge is 2.49. The van der Waals surface area contributed by atoms with E-state index in [1.165, 1.54) is 0 Å². The van der Waals surface area contributed by atoms with Gasteiger partial charge in [-0.05, 0) is 43.1 Å². The van der Waals surface area contributed by atoms with E-state index in [1.54, 1.807) is 13.0 Å². The minimum absolute atomic E-state index is 0.0727. The Morgan fingerprint density at radius 2 is 2.05 bits per heavy atom. The fraction of sp³-hybridized carbons (Fsp3) is 0.611. The number of allylic oxidation sites excluding steroid dienone is 2. The highest BCUT2D eigenvalue weighted by atomic mass is 16.3. The number of rotatable bonds is 3. The Balaban J connectivity index is 3.39. The van der Waals surface area contributed by atoms with Gasteiger partial charge in [0.1, 0.15) is 0 Å². The molecule has 0 saturated carbocycles. The second-order valence-corrected chi connectivity index (χ2v) is 6.37. The van der Waals surface area contributed by atoms with E-state index < -0.39 is 11.0 Å². The summed E-state index contributed by atoms with van der Waals surface area (Å²) < 4.78 is 0. The molecule has 0 saturated heterocycles. The van der Waals surface area contributed by atoms with Crippen molar-refractivity contribution in [2.75, 3.05) is 6.61 Å². The Hall–Kier alpha value is -1.37. The van der Waals surface area contributed by atoms with Gasteiger partial charge in [-0.2, -0.15) is 0 Å². The van der Waals surface area contributed by atoms with Crippen LogP contribution in [0.5, 0.6) is 0 Å². The van der Waals surface area contributed by atoms with Crippen LogP contribution in [0.2, 0.25) is 0 Å². The van der Waals surface area contributed by atoms with Crippen LogP contribution in [0.4, 0.5) is 0 Å². The average molecular weight is 290 g/mol. The van der Waals surface area contributed by atoms with Crippen molar-refractivity contribution in [1.82, 2.24) is 0 Å². The molecule has 0 fully saturated rings. The smallest absolute Gasteiger partial charge is 0.159 e. The van der Waals surface area contributed by atoms with Crippen molar-refractivity contribution in [2.45, 2.75) is 59.5 Å². The van der Waals surface area contributed by atoms with Crippen LogP contribution >= 0.6 is 0 Å². The van der Waals surface area contributed by atoms with Gasteiger partial charge in [0.2, 0.25) is 0 Å². The summed E-state index contributed by atoms with van der Waals surface area (Å²) >= 11 is 0. The van der Waals surface area contributed by atoms with Crippen LogP contribution < -0.4 is 0 Å². The third-order valence-electron chi connectivity index (χ3n) is 4.25. The van der Waals surface area contributed by atoms with Gasteiger partial charge in [-0.3, -0.25) is 4.79 Å². The lowest BCUT2D eigenvalue weighted by Gasteiger charge is -2.44. The molecule has 0 radical (unpaired) electrons. The second kappa shape index (κ2) is 6.60. The van der Waals surface area contributed by atoms with Crippen molar-refractivity contribution in [2.24, 2.45) is 5.41 Å². The van der Waals surface area contributed by atoms with E-state index in [0.29, 0.717) is 24.0 Å². The predicted octanol–water partition coefficient (Wildman–Crippen LogP) is 2.78. The molecule has 0 aromatic carbocycles. The maximum absolute atomic E-state index is 12.3. The van der Waals surface area contributed by atoms with Crippen LogP contribution in [-0.4, -0.2) is 28.2 Å². The number of aliphatic hydroxyl groups excluding tert-OH is 1. The van der Waals surface area contributed by atoms with Gasteiger partial charge in [-0.1, -0.05) is 39.0 Å². The molecule has 116 valence electrons. The first-order valence-electron chi connectivity index (χ1n) is 7.46. The summed E-state index contributed by atoms with van der Waals surface area (Å²) in [5.74, 6) is 5.98. The summed E-state index contributed by atoms with van der Waals surface area (Å²) in [5.41, 5.74) is 0.171. The van der Waals surface area contributed by atoms with E-state index in [9.17, 15) is 9.90 Å². The summed E-state index contributed by atoms with van der Waals surface area (Å²) in [7, 11) is 0. The highest BCUT2D eigenvalue weighted by Crippen LogP contribution is 2.46. The Kier molecular flexibility index (Phi) is 5.55. The average Bonchev–Trinajstić information content (AvgIpc) is 2.39. The van der Waals surface area contributed by atoms with E-state index in [4.69, 9.17) is 5.11 Å². The molecular formula is C18H26O3. The lowest BCUT2D eigenvalue weighted by atomic mass is 9.62. The summed E-state index contributed by atoms with van der Waals surface area (Å²) in [6.07, 6.45) is 3.44. The summed E-state index contributed by atoms with van der Waals surface area (Å²) in [6, 6.07) is 0. The van der Waals surface area contributed by atoms with Crippen LogP contribution in [0.25, 0.3) is 0 Å². The van der Waals surface area contributed by atoms with Crippen molar-refractivity contribution in [3.8, 4) is 11.8 Å². The molecule has 0 bridgehead atoms. The standard InChI is InChI=1S/C18H26O3/c1-6-7-15-14(3)18(21,10-8-13(2)9-11-19)17(4,5)12-16(15)20/h9,19,21H,6-7,11-12H2,1-5H3. The minimum Gasteiger partial charge on any atom is -0.392 e. The third kappa shape index (κ3) is 3.45. The molecular weight excluding hydrogens is 264 g/mol. The first kappa shape index (κ1) is 17.7. The Morgan fingerprint density at radius 3 is 2.57 bits per heavy atom. The first-order chi connectivity index (χ1) is 9.69. The van der Waals surface area contributed by atoms with Crippen molar-refractivity contribution in [1.29, 1.82) is 0 Å². The number of ketones is 1. The molecule has 1 unspecified atom stereocenters. The van der Waals surface area contributed by atoms with E-state index >= 15 is 0 Å². The number of carbonyl (C=O) groups excluding carboxylic acids is 1. The van der Waals surface area contributed by atoms with Crippen LogP contribution in [0.1, 0.15) is 53.9 Å². The van der Waals surface area contributed by atoms with Crippen molar-refractivity contribution in [3.05, 3.63) is 22.8 Å². The van der Waals surface area contributed by atoms with E-state index in [1.807, 2.05) is 27.7 Å². The number of aliphatic hydroxyl groups is 2. The second-order valence-electron chi connectivity index (χ2n) is 6.37. The molecule has 21 heavy (non-hydrogen) atoms. The lowest BCUT2D eigenvalue weighted by Crippen LogP contribution is -2.50. The Morgan fingerprint density at radius 1 is 1.43 bits per heavy atom. The maximum atomic E-state index is 12.3. The van der Waals surface area contributed by atoms with Crippen molar-refractivity contribution >= 4 is 5.78 Å². The summed E-state index contributed by atoms with van der Waals surface area (Å²) in [5, 5.41) is 20.0. The fourth-order valence-corrected chi connectivity index (χ4v) is 2.79. The molecule has 0 aromatic rings. The quantitative estimate of drug-likeness (QED) is 0.786. The Labute approximate surface area is 127 Å². The summed E-state index contributed by atoms with van der Waals surface area (Å²) in [6.45, 7) is 9.29. The van der Waals surface area contributed by atoms with Gasteiger partial charge in [0.25, 0.3) is 0 Å². The zero-order valence-electron chi connectivity index (χ0n) is 13.7. The number of hydrogen-bond acceptors (Lipinski definition) is 3. The zero-order valence-corrected chi connectivity index (χ0v) is 13.7. The highest BCUT2D eigenvalue weighted by molar-refractivity contribution is 5.98. The molecule has 2 N–H and O–H groups in total. The minimum atomic E-state index is -1.31. The van der Waals surface area contributed by atoms with Gasteiger partial charge >= 0.3 is 0 Å². The molecule has 0 spiro atoms. The topological polar surface area (TPSA) is 57.5 Å². The van der Waals surface area contributed by atoms with Gasteiger partial charge in [0, 0.05) is 11.8 Å². The molecule has 1 aliphatic rings. The molecule has 3 heteroatoms. The lowest BCUT2D eigenvalue weighted by molar-refractivity contribution is -0.122. The molecule has 0 amide bonds. The van der Waals surface area contributed by atoms with Gasteiger partial charge in [0.05, 0.1) is 6.61 Å². The zero-order chi connectivity index (χ0) is 16.3. The summed E-state index contributed by atoms with van der Waals surface area (Å²) in [4.78, 5) is 12.3. The third-order valence-corrected chi connectivity index (χ3v) is 4.25. The molecule has 3 nitrogen and oxygen atoms in total. The van der Waals surface area contributed by atoms with Crippen molar-refractivity contribution < 1.29 is 15.0 Å². The van der Waals surface area contributed by atoms with Gasteiger partial charge in [-0.25, -0.2) is 0 Å². The van der Waals surface area contributed by atoms with Crippen LogP contribution in [-0.2, 0) is 4.79 Å². The van der Waals surface area contributed by atoms with Gasteiger partial charge in [-0.15, -0.1) is 0 Å². The molecule has 1 aliphatic carbocycles. The number of carbonyl (C=O) groups is 1.